The highest BCUT2D eigenvalue weighted by molar-refractivity contribution is 9.10. The number of hydrogen-bond donors (Lipinski definition) is 1. The second-order valence-electron chi connectivity index (χ2n) is 4.42. The molecule has 18 heavy (non-hydrogen) atoms. The Labute approximate surface area is 115 Å². The van der Waals surface area contributed by atoms with Gasteiger partial charge in [-0.1, -0.05) is 28.1 Å². The topological polar surface area (TPSA) is 49.8 Å². The minimum atomic E-state index is -0.786. The van der Waals surface area contributed by atoms with Crippen molar-refractivity contribution in [2.24, 2.45) is 0 Å². The molecule has 98 valence electrons. The fraction of sp³-hybridized carbons (Fsp3) is 0.462. The summed E-state index contributed by atoms with van der Waals surface area (Å²) >= 11 is 3.39. The number of halogens is 1. The van der Waals surface area contributed by atoms with Crippen LogP contribution in [0.4, 0.5) is 0 Å². The van der Waals surface area contributed by atoms with E-state index in [-0.39, 0.29) is 6.10 Å². The number of carboxylic acid groups (broad SMARTS) is 1. The standard InChI is InChI=1S/C13H16BrNO3/c1-9(13(16)17)15-6-7-18-12(8-15)10-2-4-11(14)5-3-10/h2-5,9,12H,6-8H2,1H3,(H,16,17). The molecule has 1 fully saturated rings. The van der Waals surface area contributed by atoms with Crippen LogP contribution in [0.2, 0.25) is 0 Å². The van der Waals surface area contributed by atoms with Crippen LogP contribution in [-0.2, 0) is 9.53 Å². The number of aliphatic carboxylic acids is 1. The van der Waals surface area contributed by atoms with Crippen molar-refractivity contribution in [3.8, 4) is 0 Å². The summed E-state index contributed by atoms with van der Waals surface area (Å²) < 4.78 is 6.74. The van der Waals surface area contributed by atoms with Crippen LogP contribution in [0.15, 0.2) is 28.7 Å². The van der Waals surface area contributed by atoms with Gasteiger partial charge in [0.2, 0.25) is 0 Å². The molecule has 1 saturated heterocycles. The van der Waals surface area contributed by atoms with Crippen LogP contribution in [0.5, 0.6) is 0 Å². The molecule has 0 aromatic heterocycles. The highest BCUT2D eigenvalue weighted by atomic mass is 79.9. The van der Waals surface area contributed by atoms with E-state index >= 15 is 0 Å². The average Bonchev–Trinajstić information content (AvgIpc) is 2.38. The van der Waals surface area contributed by atoms with Crippen LogP contribution in [0, 0.1) is 0 Å². The van der Waals surface area contributed by atoms with Crippen molar-refractivity contribution in [1.29, 1.82) is 0 Å². The molecule has 0 amide bonds. The second-order valence-corrected chi connectivity index (χ2v) is 5.34. The fourth-order valence-electron chi connectivity index (χ4n) is 2.06. The fourth-order valence-corrected chi connectivity index (χ4v) is 2.32. The van der Waals surface area contributed by atoms with Crippen molar-refractivity contribution < 1.29 is 14.6 Å². The minimum Gasteiger partial charge on any atom is -0.480 e. The number of rotatable bonds is 3. The maximum Gasteiger partial charge on any atom is 0.320 e. The van der Waals surface area contributed by atoms with Crippen molar-refractivity contribution in [3.63, 3.8) is 0 Å². The molecular weight excluding hydrogens is 298 g/mol. The predicted molar refractivity (Wildman–Crippen MR) is 71.5 cm³/mol. The largest absolute Gasteiger partial charge is 0.480 e. The third-order valence-corrected chi connectivity index (χ3v) is 3.77. The van der Waals surface area contributed by atoms with Crippen molar-refractivity contribution in [2.75, 3.05) is 19.7 Å². The van der Waals surface area contributed by atoms with E-state index in [9.17, 15) is 4.79 Å². The molecule has 1 aromatic rings. The van der Waals surface area contributed by atoms with Gasteiger partial charge in [-0.3, -0.25) is 9.69 Å². The van der Waals surface area contributed by atoms with E-state index in [2.05, 4.69) is 15.9 Å². The third kappa shape index (κ3) is 3.10. The van der Waals surface area contributed by atoms with E-state index in [1.807, 2.05) is 29.2 Å². The second kappa shape index (κ2) is 5.82. The van der Waals surface area contributed by atoms with Gasteiger partial charge >= 0.3 is 5.97 Å². The first kappa shape index (κ1) is 13.5. The molecule has 1 N–H and O–H groups in total. The maximum absolute atomic E-state index is 11.0. The first-order chi connectivity index (χ1) is 8.58. The van der Waals surface area contributed by atoms with Gasteiger partial charge in [-0.15, -0.1) is 0 Å². The van der Waals surface area contributed by atoms with Gasteiger partial charge in [-0.05, 0) is 24.6 Å². The Morgan fingerprint density at radius 2 is 2.17 bits per heavy atom. The van der Waals surface area contributed by atoms with Crippen molar-refractivity contribution in [3.05, 3.63) is 34.3 Å². The van der Waals surface area contributed by atoms with Crippen LogP contribution >= 0.6 is 15.9 Å². The van der Waals surface area contributed by atoms with Gasteiger partial charge in [0.15, 0.2) is 0 Å². The molecular formula is C13H16BrNO3. The summed E-state index contributed by atoms with van der Waals surface area (Å²) in [5, 5.41) is 9.04. The lowest BCUT2D eigenvalue weighted by atomic mass is 10.1. The van der Waals surface area contributed by atoms with Gasteiger partial charge in [0.05, 0.1) is 12.7 Å². The van der Waals surface area contributed by atoms with Gasteiger partial charge in [0, 0.05) is 17.6 Å². The highest BCUT2D eigenvalue weighted by Crippen LogP contribution is 2.24. The minimum absolute atomic E-state index is 0.0475. The summed E-state index contributed by atoms with van der Waals surface area (Å²) in [5.41, 5.74) is 1.08. The number of morpholine rings is 1. The number of hydrogen-bond acceptors (Lipinski definition) is 3. The van der Waals surface area contributed by atoms with Gasteiger partial charge in [-0.25, -0.2) is 0 Å². The number of ether oxygens (including phenoxy) is 1. The Kier molecular flexibility index (Phi) is 4.37. The molecule has 0 bridgehead atoms. The molecule has 5 heteroatoms. The molecule has 0 saturated carbocycles. The highest BCUT2D eigenvalue weighted by Gasteiger charge is 2.28. The smallest absolute Gasteiger partial charge is 0.320 e. The van der Waals surface area contributed by atoms with Crippen LogP contribution < -0.4 is 0 Å². The normalized spacial score (nSPS) is 22.7. The lowest BCUT2D eigenvalue weighted by Gasteiger charge is -2.35. The van der Waals surface area contributed by atoms with Gasteiger partial charge in [0.1, 0.15) is 6.04 Å². The average molecular weight is 314 g/mol. The van der Waals surface area contributed by atoms with Crippen LogP contribution in [-0.4, -0.2) is 41.7 Å². The van der Waals surface area contributed by atoms with E-state index < -0.39 is 12.0 Å². The summed E-state index contributed by atoms with van der Waals surface area (Å²) in [6.07, 6.45) is -0.0475. The molecule has 0 aliphatic carbocycles. The van der Waals surface area contributed by atoms with Crippen molar-refractivity contribution in [2.45, 2.75) is 19.1 Å². The van der Waals surface area contributed by atoms with Crippen molar-refractivity contribution >= 4 is 21.9 Å². The monoisotopic (exact) mass is 313 g/mol. The van der Waals surface area contributed by atoms with Gasteiger partial charge in [-0.2, -0.15) is 0 Å². The SMILES string of the molecule is CC(C(=O)O)N1CCOC(c2ccc(Br)cc2)C1. The first-order valence-corrected chi connectivity index (χ1v) is 6.71. The van der Waals surface area contributed by atoms with E-state index in [0.717, 1.165) is 10.0 Å². The summed E-state index contributed by atoms with van der Waals surface area (Å²) in [5.74, 6) is -0.786. The lowest BCUT2D eigenvalue weighted by Crippen LogP contribution is -2.46. The Balaban J connectivity index is 2.06. The van der Waals surface area contributed by atoms with Crippen LogP contribution in [0.3, 0.4) is 0 Å². The number of carbonyl (C=O) groups is 1. The molecule has 4 nitrogen and oxygen atoms in total. The van der Waals surface area contributed by atoms with E-state index in [4.69, 9.17) is 9.84 Å². The summed E-state index contributed by atoms with van der Waals surface area (Å²) in [6.45, 7) is 3.57. The number of nitrogens with zero attached hydrogens (tertiary/aromatic N) is 1. The quantitative estimate of drug-likeness (QED) is 0.930. The molecule has 2 unspecified atom stereocenters. The van der Waals surface area contributed by atoms with Gasteiger partial charge < -0.3 is 9.84 Å². The summed E-state index contributed by atoms with van der Waals surface area (Å²) in [4.78, 5) is 12.9. The zero-order valence-electron chi connectivity index (χ0n) is 10.2. The molecule has 0 spiro atoms. The molecule has 1 aromatic carbocycles. The molecule has 1 heterocycles. The number of benzene rings is 1. The Morgan fingerprint density at radius 1 is 1.50 bits per heavy atom. The van der Waals surface area contributed by atoms with Crippen LogP contribution in [0.1, 0.15) is 18.6 Å². The van der Waals surface area contributed by atoms with E-state index in [1.54, 1.807) is 6.92 Å². The summed E-state index contributed by atoms with van der Waals surface area (Å²) in [7, 11) is 0. The Bertz CT molecular complexity index is 421. The predicted octanol–water partition coefficient (Wildman–Crippen LogP) is 2.30. The van der Waals surface area contributed by atoms with Crippen molar-refractivity contribution in [1.82, 2.24) is 4.90 Å². The lowest BCUT2D eigenvalue weighted by molar-refractivity contribution is -0.145. The van der Waals surface area contributed by atoms with Crippen LogP contribution in [0.25, 0.3) is 0 Å². The van der Waals surface area contributed by atoms with E-state index in [1.165, 1.54) is 0 Å². The van der Waals surface area contributed by atoms with E-state index in [0.29, 0.717) is 19.7 Å². The maximum atomic E-state index is 11.0. The molecule has 1 aliphatic heterocycles. The molecule has 2 atom stereocenters. The molecule has 0 radical (unpaired) electrons. The Hall–Kier alpha value is -0.910. The molecule has 2 rings (SSSR count). The Morgan fingerprint density at radius 3 is 2.78 bits per heavy atom. The molecule has 1 aliphatic rings. The number of carboxylic acids is 1. The van der Waals surface area contributed by atoms with Gasteiger partial charge in [0.25, 0.3) is 0 Å². The summed E-state index contributed by atoms with van der Waals surface area (Å²) in [6, 6.07) is 7.48. The zero-order chi connectivity index (χ0) is 13.1. The third-order valence-electron chi connectivity index (χ3n) is 3.24. The zero-order valence-corrected chi connectivity index (χ0v) is 11.8. The first-order valence-electron chi connectivity index (χ1n) is 5.92.